The zero-order chi connectivity index (χ0) is 9.98. The number of nitrogens with zero attached hydrogens (tertiary/aromatic N) is 2. The van der Waals surface area contributed by atoms with Gasteiger partial charge in [-0.15, -0.1) is 0 Å². The average molecular weight is 283 g/mol. The van der Waals surface area contributed by atoms with Crippen LogP contribution in [0.1, 0.15) is 12.8 Å². The van der Waals surface area contributed by atoms with Gasteiger partial charge in [0.25, 0.3) is 0 Å². The van der Waals surface area contributed by atoms with Gasteiger partial charge in [-0.25, -0.2) is 0 Å². The summed E-state index contributed by atoms with van der Waals surface area (Å²) in [5.74, 6) is -2.14. The molecule has 0 aliphatic carbocycles. The third-order valence-electron chi connectivity index (χ3n) is 0.461. The summed E-state index contributed by atoms with van der Waals surface area (Å²) in [5.41, 5.74) is 0. The third kappa shape index (κ3) is 36.2. The molecule has 0 aromatic carbocycles. The van der Waals surface area contributed by atoms with Gasteiger partial charge in [-0.05, 0) is 0 Å². The average Bonchev–Trinajstić information content (AvgIpc) is 1.87. The SMILES string of the molecule is N#CCC(=O)O.N#CCC(=O)O.[Cd]. The van der Waals surface area contributed by atoms with Crippen LogP contribution >= 0.6 is 0 Å². The second-order valence-electron chi connectivity index (χ2n) is 1.46. The predicted octanol–water partition coefficient (Wildman–Crippen LogP) is -0.0331. The summed E-state index contributed by atoms with van der Waals surface area (Å²) in [7, 11) is 0. The summed E-state index contributed by atoms with van der Waals surface area (Å²) in [5, 5.41) is 30.6. The van der Waals surface area contributed by atoms with E-state index in [1.165, 1.54) is 12.1 Å². The number of carboxylic acids is 2. The third-order valence-corrected chi connectivity index (χ3v) is 0.461. The molecule has 0 bridgehead atoms. The van der Waals surface area contributed by atoms with Gasteiger partial charge < -0.3 is 10.2 Å². The number of rotatable bonds is 2. The molecule has 0 amide bonds. The van der Waals surface area contributed by atoms with Crippen LogP contribution in [-0.4, -0.2) is 22.2 Å². The smallest absolute Gasteiger partial charge is 0.317 e. The molecule has 2 N–H and O–H groups in total. The van der Waals surface area contributed by atoms with Crippen LogP contribution in [0.2, 0.25) is 0 Å². The Morgan fingerprint density at radius 2 is 1.23 bits per heavy atom. The van der Waals surface area contributed by atoms with E-state index in [-0.39, 0.29) is 27.3 Å². The van der Waals surface area contributed by atoms with Crippen LogP contribution in [0.25, 0.3) is 0 Å². The molecule has 0 aliphatic heterocycles. The number of aliphatic carboxylic acids is 2. The van der Waals surface area contributed by atoms with Crippen molar-refractivity contribution in [1.29, 1.82) is 10.5 Å². The summed E-state index contributed by atoms with van der Waals surface area (Å²) >= 11 is 0. The topological polar surface area (TPSA) is 122 Å². The van der Waals surface area contributed by atoms with Crippen molar-refractivity contribution in [3.63, 3.8) is 0 Å². The zero-order valence-corrected chi connectivity index (χ0v) is 10.8. The predicted molar refractivity (Wildman–Crippen MR) is 35.7 cm³/mol. The van der Waals surface area contributed by atoms with Crippen LogP contribution in [0, 0.1) is 22.7 Å². The molecule has 7 heteroatoms. The Balaban J connectivity index is -0.000000143. The van der Waals surface area contributed by atoms with E-state index in [2.05, 4.69) is 0 Å². The Morgan fingerprint density at radius 3 is 1.23 bits per heavy atom. The van der Waals surface area contributed by atoms with Gasteiger partial charge in [0, 0.05) is 27.3 Å². The summed E-state index contributed by atoms with van der Waals surface area (Å²) in [6, 6.07) is 2.94. The Bertz CT molecular complexity index is 214. The molecule has 0 aromatic heterocycles. The molecule has 0 atom stereocenters. The first-order valence-corrected chi connectivity index (χ1v) is 2.72. The van der Waals surface area contributed by atoms with E-state index in [1.807, 2.05) is 0 Å². The maximum absolute atomic E-state index is 9.38. The van der Waals surface area contributed by atoms with Gasteiger partial charge in [0.15, 0.2) is 0 Å². The first-order chi connectivity index (χ1) is 5.54. The minimum absolute atomic E-state index is 0. The molecule has 0 aromatic rings. The first kappa shape index (κ1) is 17.8. The standard InChI is InChI=1S/2C3H3NO2.Cd/c2*4-2-1-3(5)6;/h2*1H2,(H,5,6);. The molecule has 0 spiro atoms. The number of carbonyl (C=O) groups is 2. The minimum atomic E-state index is -1.07. The minimum Gasteiger partial charge on any atom is -0.480 e. The Hall–Kier alpha value is -1.16. The van der Waals surface area contributed by atoms with Crippen LogP contribution in [0.3, 0.4) is 0 Å². The van der Waals surface area contributed by atoms with Gasteiger partial charge in [-0.1, -0.05) is 0 Å². The van der Waals surface area contributed by atoms with Crippen molar-refractivity contribution in [3.8, 4) is 12.1 Å². The van der Waals surface area contributed by atoms with Crippen molar-refractivity contribution < 1.29 is 47.1 Å². The van der Waals surface area contributed by atoms with Gasteiger partial charge >= 0.3 is 11.9 Å². The molecule has 66 valence electrons. The van der Waals surface area contributed by atoms with Crippen molar-refractivity contribution in [2.75, 3.05) is 0 Å². The van der Waals surface area contributed by atoms with Crippen molar-refractivity contribution in [2.24, 2.45) is 0 Å². The maximum atomic E-state index is 9.38. The number of nitriles is 2. The molecular formula is C6H6CdN2O4. The van der Waals surface area contributed by atoms with Gasteiger partial charge in [0.05, 0.1) is 12.1 Å². The second-order valence-corrected chi connectivity index (χ2v) is 1.46. The van der Waals surface area contributed by atoms with Crippen LogP contribution in [0.15, 0.2) is 0 Å². The largest absolute Gasteiger partial charge is 0.480 e. The van der Waals surface area contributed by atoms with Crippen molar-refractivity contribution in [3.05, 3.63) is 0 Å². The fraction of sp³-hybridized carbons (Fsp3) is 0.333. The molecule has 13 heavy (non-hydrogen) atoms. The van der Waals surface area contributed by atoms with Crippen molar-refractivity contribution >= 4 is 11.9 Å². The molecule has 0 saturated carbocycles. The van der Waals surface area contributed by atoms with E-state index in [9.17, 15) is 9.59 Å². The van der Waals surface area contributed by atoms with Crippen LogP contribution in [0.4, 0.5) is 0 Å². The second kappa shape index (κ2) is 13.4. The Kier molecular flexibility index (Phi) is 18.4. The molecule has 0 saturated heterocycles. The van der Waals surface area contributed by atoms with E-state index in [0.29, 0.717) is 0 Å². The number of carboxylic acid groups (broad SMARTS) is 2. The van der Waals surface area contributed by atoms with E-state index in [1.54, 1.807) is 0 Å². The fourth-order valence-corrected chi connectivity index (χ4v) is 0.135. The fourth-order valence-electron chi connectivity index (χ4n) is 0.135. The van der Waals surface area contributed by atoms with Crippen LogP contribution in [-0.2, 0) is 36.9 Å². The van der Waals surface area contributed by atoms with Gasteiger partial charge in [-0.2, -0.15) is 10.5 Å². The molecular weight excluding hydrogens is 276 g/mol. The normalized spacial score (nSPS) is 6.00. The monoisotopic (exact) mass is 284 g/mol. The summed E-state index contributed by atoms with van der Waals surface area (Å²) < 4.78 is 0. The molecule has 0 heterocycles. The van der Waals surface area contributed by atoms with Gasteiger partial charge in [0.2, 0.25) is 0 Å². The number of hydrogen-bond donors (Lipinski definition) is 2. The van der Waals surface area contributed by atoms with Crippen molar-refractivity contribution in [2.45, 2.75) is 12.8 Å². The summed E-state index contributed by atoms with van der Waals surface area (Å²) in [4.78, 5) is 18.8. The zero-order valence-electron chi connectivity index (χ0n) is 6.73. The van der Waals surface area contributed by atoms with Crippen LogP contribution in [0.5, 0.6) is 0 Å². The van der Waals surface area contributed by atoms with E-state index >= 15 is 0 Å². The molecule has 6 nitrogen and oxygen atoms in total. The summed E-state index contributed by atoms with van der Waals surface area (Å²) in [6.45, 7) is 0. The van der Waals surface area contributed by atoms with Crippen LogP contribution < -0.4 is 0 Å². The quantitative estimate of drug-likeness (QED) is 0.686. The van der Waals surface area contributed by atoms with Gasteiger partial charge in [-0.3, -0.25) is 9.59 Å². The molecule has 0 aliphatic rings. The Morgan fingerprint density at radius 1 is 1.00 bits per heavy atom. The molecule has 0 radical (unpaired) electrons. The molecule has 0 fully saturated rings. The number of hydrogen-bond acceptors (Lipinski definition) is 4. The van der Waals surface area contributed by atoms with E-state index < -0.39 is 24.8 Å². The molecule has 0 rings (SSSR count). The van der Waals surface area contributed by atoms with E-state index in [4.69, 9.17) is 20.7 Å². The first-order valence-electron chi connectivity index (χ1n) is 2.72. The molecule has 0 unspecified atom stereocenters. The van der Waals surface area contributed by atoms with Gasteiger partial charge in [0.1, 0.15) is 12.8 Å². The maximum Gasteiger partial charge on any atom is 0.317 e. The summed E-state index contributed by atoms with van der Waals surface area (Å²) in [6.07, 6.45) is -0.806. The van der Waals surface area contributed by atoms with Crippen molar-refractivity contribution in [1.82, 2.24) is 0 Å². The van der Waals surface area contributed by atoms with E-state index in [0.717, 1.165) is 0 Å². The Labute approximate surface area is 94.5 Å².